The van der Waals surface area contributed by atoms with Crippen LogP contribution in [0.25, 0.3) is 11.1 Å². The number of fused-ring (bicyclic) bond motifs is 1. The van der Waals surface area contributed by atoms with Crippen molar-refractivity contribution in [2.45, 2.75) is 51.9 Å². The average molecular weight is 425 g/mol. The third kappa shape index (κ3) is 6.74. The fourth-order valence-electron chi connectivity index (χ4n) is 3.59. The summed E-state index contributed by atoms with van der Waals surface area (Å²) in [6.45, 7) is 4.27. The monoisotopic (exact) mass is 424 g/mol. The van der Waals surface area contributed by atoms with Crippen LogP contribution in [0.15, 0.2) is 52.9 Å². The Kier molecular flexibility index (Phi) is 8.76. The second-order valence-corrected chi connectivity index (χ2v) is 7.72. The first-order valence-corrected chi connectivity index (χ1v) is 11.2. The predicted octanol–water partition coefficient (Wildman–Crippen LogP) is 6.16. The minimum Gasteiger partial charge on any atom is -0.493 e. The fraction of sp³-hybridized carbons (Fsp3) is 0.440. The van der Waals surface area contributed by atoms with E-state index in [1.54, 1.807) is 24.3 Å². The largest absolute Gasteiger partial charge is 0.493 e. The van der Waals surface area contributed by atoms with E-state index in [0.29, 0.717) is 18.4 Å². The maximum absolute atomic E-state index is 11.3. The van der Waals surface area contributed by atoms with Gasteiger partial charge in [0.1, 0.15) is 16.8 Å². The van der Waals surface area contributed by atoms with Crippen molar-refractivity contribution in [2.24, 2.45) is 0 Å². The first kappa shape index (κ1) is 22.7. The smallest absolute Gasteiger partial charge is 0.339 e. The lowest BCUT2D eigenvalue weighted by molar-refractivity contribution is 0.0692. The average Bonchev–Trinajstić information content (AvgIpc) is 3.21. The number of anilines is 1. The molecular formula is C25H32N2O4. The number of benzene rings is 2. The van der Waals surface area contributed by atoms with Crippen LogP contribution in [-0.4, -0.2) is 35.8 Å². The van der Waals surface area contributed by atoms with Crippen LogP contribution < -0.4 is 9.64 Å². The summed E-state index contributed by atoms with van der Waals surface area (Å²) in [7, 11) is 0. The normalized spacial score (nSPS) is 11.0. The predicted molar refractivity (Wildman–Crippen MR) is 123 cm³/mol. The number of rotatable bonds is 14. The molecule has 0 saturated heterocycles. The number of carbonyl (C=O) groups is 1. The summed E-state index contributed by atoms with van der Waals surface area (Å²) < 4.78 is 11.7. The van der Waals surface area contributed by atoms with Crippen molar-refractivity contribution in [3.8, 4) is 5.75 Å². The number of ether oxygens (including phenoxy) is 1. The van der Waals surface area contributed by atoms with E-state index in [1.807, 2.05) is 24.3 Å². The maximum atomic E-state index is 11.3. The molecule has 0 spiro atoms. The molecule has 0 radical (unpaired) electrons. The lowest BCUT2D eigenvalue weighted by atomic mass is 10.1. The van der Waals surface area contributed by atoms with Crippen molar-refractivity contribution in [3.63, 3.8) is 0 Å². The molecule has 1 N–H and O–H groups in total. The third-order valence-electron chi connectivity index (χ3n) is 5.28. The van der Waals surface area contributed by atoms with Gasteiger partial charge in [-0.2, -0.15) is 4.98 Å². The zero-order chi connectivity index (χ0) is 21.9. The molecule has 0 aliphatic rings. The molecule has 0 aliphatic heterocycles. The molecule has 1 aromatic heterocycles. The molecule has 0 bridgehead atoms. The molecular weight excluding hydrogens is 392 g/mol. The number of unbranched alkanes of at least 4 members (excludes halogenated alkanes) is 5. The van der Waals surface area contributed by atoms with Crippen molar-refractivity contribution >= 4 is 23.1 Å². The highest BCUT2D eigenvalue weighted by Gasteiger charge is 2.15. The van der Waals surface area contributed by atoms with Crippen molar-refractivity contribution in [1.82, 2.24) is 4.98 Å². The van der Waals surface area contributed by atoms with Gasteiger partial charge in [-0.3, -0.25) is 0 Å². The van der Waals surface area contributed by atoms with E-state index in [1.165, 1.54) is 32.1 Å². The van der Waals surface area contributed by atoms with E-state index in [0.717, 1.165) is 37.0 Å². The van der Waals surface area contributed by atoms with Gasteiger partial charge in [0, 0.05) is 13.1 Å². The van der Waals surface area contributed by atoms with Crippen molar-refractivity contribution < 1.29 is 19.1 Å². The SMILES string of the molecule is CCCCCCCCN(CCCOc1ccccc1C(=O)O)c1nc2ccccc2o1. The first-order chi connectivity index (χ1) is 15.2. The molecule has 1 heterocycles. The molecule has 2 aromatic carbocycles. The minimum atomic E-state index is -0.980. The van der Waals surface area contributed by atoms with Crippen LogP contribution in [-0.2, 0) is 0 Å². The van der Waals surface area contributed by atoms with Gasteiger partial charge in [0.2, 0.25) is 0 Å². The van der Waals surface area contributed by atoms with Gasteiger partial charge >= 0.3 is 5.97 Å². The quantitative estimate of drug-likeness (QED) is 0.312. The van der Waals surface area contributed by atoms with Crippen molar-refractivity contribution in [2.75, 3.05) is 24.6 Å². The van der Waals surface area contributed by atoms with Crippen LogP contribution in [0.3, 0.4) is 0 Å². The molecule has 31 heavy (non-hydrogen) atoms. The highest BCUT2D eigenvalue weighted by molar-refractivity contribution is 5.90. The number of aromatic nitrogens is 1. The van der Waals surface area contributed by atoms with Gasteiger partial charge in [-0.15, -0.1) is 0 Å². The third-order valence-corrected chi connectivity index (χ3v) is 5.28. The Morgan fingerprint density at radius 1 is 0.968 bits per heavy atom. The molecule has 6 nitrogen and oxygen atoms in total. The molecule has 6 heteroatoms. The zero-order valence-corrected chi connectivity index (χ0v) is 18.3. The Labute approximate surface area is 183 Å². The minimum absolute atomic E-state index is 0.186. The molecule has 3 rings (SSSR count). The van der Waals surface area contributed by atoms with Gasteiger partial charge in [-0.25, -0.2) is 4.79 Å². The van der Waals surface area contributed by atoms with E-state index >= 15 is 0 Å². The number of nitrogens with zero attached hydrogens (tertiary/aromatic N) is 2. The molecule has 0 amide bonds. The lowest BCUT2D eigenvalue weighted by Crippen LogP contribution is -2.27. The lowest BCUT2D eigenvalue weighted by Gasteiger charge is -2.20. The van der Waals surface area contributed by atoms with Crippen molar-refractivity contribution in [1.29, 1.82) is 0 Å². The van der Waals surface area contributed by atoms with Crippen LogP contribution >= 0.6 is 0 Å². The summed E-state index contributed by atoms with van der Waals surface area (Å²) in [5.74, 6) is -0.578. The molecule has 0 saturated carbocycles. The zero-order valence-electron chi connectivity index (χ0n) is 18.3. The van der Waals surface area contributed by atoms with Gasteiger partial charge in [0.15, 0.2) is 5.58 Å². The first-order valence-electron chi connectivity index (χ1n) is 11.2. The van der Waals surface area contributed by atoms with E-state index in [2.05, 4.69) is 16.8 Å². The van der Waals surface area contributed by atoms with Gasteiger partial charge in [0.25, 0.3) is 6.01 Å². The number of carboxylic acids is 1. The fourth-order valence-corrected chi connectivity index (χ4v) is 3.59. The second kappa shape index (κ2) is 12.0. The van der Waals surface area contributed by atoms with Gasteiger partial charge in [0.05, 0.1) is 6.61 Å². The van der Waals surface area contributed by atoms with Gasteiger partial charge in [-0.1, -0.05) is 63.3 Å². The van der Waals surface area contributed by atoms with Crippen LogP contribution in [0.5, 0.6) is 5.75 Å². The van der Waals surface area contributed by atoms with Gasteiger partial charge in [-0.05, 0) is 37.1 Å². The highest BCUT2D eigenvalue weighted by atomic mass is 16.5. The molecule has 0 fully saturated rings. The Balaban J connectivity index is 1.56. The highest BCUT2D eigenvalue weighted by Crippen LogP contribution is 2.23. The van der Waals surface area contributed by atoms with E-state index < -0.39 is 5.97 Å². The number of aromatic carboxylic acids is 1. The topological polar surface area (TPSA) is 75.8 Å². The summed E-state index contributed by atoms with van der Waals surface area (Å²) in [5.41, 5.74) is 1.83. The number of para-hydroxylation sites is 3. The van der Waals surface area contributed by atoms with Crippen LogP contribution in [0.2, 0.25) is 0 Å². The Morgan fingerprint density at radius 3 is 2.48 bits per heavy atom. The van der Waals surface area contributed by atoms with E-state index in [-0.39, 0.29) is 5.56 Å². The van der Waals surface area contributed by atoms with E-state index in [4.69, 9.17) is 9.15 Å². The van der Waals surface area contributed by atoms with Crippen LogP contribution in [0.4, 0.5) is 6.01 Å². The van der Waals surface area contributed by atoms with E-state index in [9.17, 15) is 9.90 Å². The maximum Gasteiger partial charge on any atom is 0.339 e. The Morgan fingerprint density at radius 2 is 1.68 bits per heavy atom. The van der Waals surface area contributed by atoms with Gasteiger partial charge < -0.3 is 19.2 Å². The van der Waals surface area contributed by atoms with Crippen molar-refractivity contribution in [3.05, 3.63) is 54.1 Å². The summed E-state index contributed by atoms with van der Waals surface area (Å²) >= 11 is 0. The molecule has 0 aliphatic carbocycles. The number of hydrogen-bond donors (Lipinski definition) is 1. The van der Waals surface area contributed by atoms with Crippen LogP contribution in [0, 0.1) is 0 Å². The van der Waals surface area contributed by atoms with Crippen LogP contribution in [0.1, 0.15) is 62.2 Å². The summed E-state index contributed by atoms with van der Waals surface area (Å²) in [4.78, 5) is 18.2. The Hall–Kier alpha value is -3.02. The standard InChI is InChI=1S/C25H32N2O4/c1-2-3-4-5-6-11-17-27(25-26-21-14-8-10-16-23(21)31-25)18-12-19-30-22-15-9-7-13-20(22)24(28)29/h7-10,13-16H,2-6,11-12,17-19H2,1H3,(H,28,29). The number of carboxylic acid groups (broad SMARTS) is 1. The number of hydrogen-bond acceptors (Lipinski definition) is 5. The second-order valence-electron chi connectivity index (χ2n) is 7.72. The molecule has 0 atom stereocenters. The molecule has 166 valence electrons. The molecule has 0 unspecified atom stereocenters. The number of oxazole rings is 1. The summed E-state index contributed by atoms with van der Waals surface area (Å²) in [5, 5.41) is 9.29. The Bertz CT molecular complexity index is 920. The molecule has 3 aromatic rings. The summed E-state index contributed by atoms with van der Waals surface area (Å²) in [6, 6.07) is 15.2. The summed E-state index contributed by atoms with van der Waals surface area (Å²) in [6.07, 6.45) is 8.11.